The number of nitrogens with one attached hydrogen (secondary N) is 2. The lowest BCUT2D eigenvalue weighted by Crippen LogP contribution is -2.49. The minimum absolute atomic E-state index is 0.0743. The molecular formula is C25H34N6O3S2. The molecule has 2 aromatic rings. The number of hydrogen-bond donors (Lipinski definition) is 2. The number of aromatic nitrogens is 2. The van der Waals surface area contributed by atoms with Gasteiger partial charge in [0.05, 0.1) is 6.54 Å². The first-order valence-corrected chi connectivity index (χ1v) is 15.4. The Morgan fingerprint density at radius 3 is 2.64 bits per heavy atom. The maximum atomic E-state index is 12.8. The van der Waals surface area contributed by atoms with Gasteiger partial charge in [0.1, 0.15) is 17.7 Å². The average molecular weight is 531 g/mol. The molecule has 1 aromatic heterocycles. The van der Waals surface area contributed by atoms with Crippen LogP contribution >= 0.6 is 0 Å². The fraction of sp³-hybridized carbons (Fsp3) is 0.560. The summed E-state index contributed by atoms with van der Waals surface area (Å²) in [5.74, 6) is 2.05. The van der Waals surface area contributed by atoms with E-state index in [1.807, 2.05) is 13.1 Å². The van der Waals surface area contributed by atoms with Crippen molar-refractivity contribution >= 4 is 40.2 Å². The van der Waals surface area contributed by atoms with Crippen LogP contribution in [-0.4, -0.2) is 81.2 Å². The van der Waals surface area contributed by atoms with E-state index in [-0.39, 0.29) is 17.4 Å². The third-order valence-electron chi connectivity index (χ3n) is 7.65. The third kappa shape index (κ3) is 5.31. The molecule has 194 valence electrons. The summed E-state index contributed by atoms with van der Waals surface area (Å²) in [7, 11) is 1.82. The fourth-order valence-electron chi connectivity index (χ4n) is 5.48. The number of likely N-dealkylation sites (N-methyl/N-ethyl adjacent to an activating group) is 1. The van der Waals surface area contributed by atoms with Gasteiger partial charge in [0.25, 0.3) is 0 Å². The Bertz CT molecular complexity index is 1080. The summed E-state index contributed by atoms with van der Waals surface area (Å²) in [5.41, 5.74) is 2.01. The molecule has 1 amide bonds. The number of carbonyl (C=O) groups is 1. The maximum absolute atomic E-state index is 12.8. The molecule has 0 radical (unpaired) electrons. The summed E-state index contributed by atoms with van der Waals surface area (Å²) < 4.78 is 27.8. The second-order valence-electron chi connectivity index (χ2n) is 10.0. The molecule has 2 unspecified atom stereocenters. The lowest BCUT2D eigenvalue weighted by molar-refractivity contribution is -0.132. The molecule has 0 bridgehead atoms. The van der Waals surface area contributed by atoms with Crippen LogP contribution in [0.1, 0.15) is 36.9 Å². The molecule has 36 heavy (non-hydrogen) atoms. The molecule has 3 atom stereocenters. The number of rotatable bonds is 7. The number of hydrogen-bond acceptors (Lipinski definition) is 8. The van der Waals surface area contributed by atoms with Crippen LogP contribution in [0, 0.1) is 0 Å². The van der Waals surface area contributed by atoms with Crippen molar-refractivity contribution in [3.05, 3.63) is 41.6 Å². The first-order valence-electron chi connectivity index (χ1n) is 12.5. The molecular weight excluding hydrogens is 496 g/mol. The Labute approximate surface area is 218 Å². The first kappa shape index (κ1) is 25.6. The van der Waals surface area contributed by atoms with Crippen LogP contribution in [0.4, 0.5) is 11.8 Å². The number of anilines is 2. The summed E-state index contributed by atoms with van der Waals surface area (Å²) in [5, 5.41) is 3.51. The largest absolute Gasteiger partial charge is 0.611 e. The molecule has 11 heteroatoms. The van der Waals surface area contributed by atoms with E-state index < -0.39 is 22.5 Å². The highest BCUT2D eigenvalue weighted by Gasteiger charge is 2.39. The Morgan fingerprint density at radius 2 is 1.94 bits per heavy atom. The van der Waals surface area contributed by atoms with Crippen molar-refractivity contribution in [3.8, 4) is 0 Å². The minimum Gasteiger partial charge on any atom is -0.611 e. The van der Waals surface area contributed by atoms with Crippen LogP contribution < -0.4 is 14.9 Å². The van der Waals surface area contributed by atoms with Crippen LogP contribution in [0.5, 0.6) is 0 Å². The van der Waals surface area contributed by atoms with Gasteiger partial charge in [-0.2, -0.15) is 4.98 Å². The summed E-state index contributed by atoms with van der Waals surface area (Å²) in [6.07, 6.45) is 5.35. The molecule has 3 aliphatic heterocycles. The average Bonchev–Trinajstić information content (AvgIpc) is 3.26. The molecule has 9 nitrogen and oxygen atoms in total. The van der Waals surface area contributed by atoms with E-state index in [9.17, 15) is 13.9 Å². The highest BCUT2D eigenvalue weighted by Crippen LogP contribution is 2.38. The van der Waals surface area contributed by atoms with Gasteiger partial charge in [-0.15, -0.1) is 4.72 Å². The second-order valence-corrected chi connectivity index (χ2v) is 12.7. The van der Waals surface area contributed by atoms with Crippen molar-refractivity contribution in [2.24, 2.45) is 0 Å². The molecule has 4 heterocycles. The summed E-state index contributed by atoms with van der Waals surface area (Å²) in [4.78, 5) is 26.4. The second kappa shape index (κ2) is 10.7. The predicted octanol–water partition coefficient (Wildman–Crippen LogP) is 1.59. The molecule has 1 aromatic carbocycles. The molecule has 2 N–H and O–H groups in total. The van der Waals surface area contributed by atoms with Gasteiger partial charge in [-0.1, -0.05) is 30.3 Å². The number of likely N-dealkylation sites (tertiary alicyclic amines) is 1. The Kier molecular flexibility index (Phi) is 7.64. The molecule has 5 rings (SSSR count). The van der Waals surface area contributed by atoms with E-state index in [2.05, 4.69) is 39.2 Å². The summed E-state index contributed by atoms with van der Waals surface area (Å²) >= 11 is -2.19. The zero-order chi connectivity index (χ0) is 25.3. The van der Waals surface area contributed by atoms with Crippen LogP contribution in [0.2, 0.25) is 0 Å². The molecule has 0 aliphatic carbocycles. The Hall–Kier alpha value is -2.05. The standard InChI is InChI=1S/C25H34N6O3S2/c1-30-16-19(8-9-21(30)32)27-23-22-20(10-15-36(22)34)28-24(29-23)31-13-11-25(12-14-31,17-26-35(2)33)18-6-4-3-5-7-18/h3-7,19,26H,8-17H2,1-2H3,(H,27,28,29)/t19-,35?,36?/m0/s1. The van der Waals surface area contributed by atoms with Crippen LogP contribution in [-0.2, 0) is 39.2 Å². The van der Waals surface area contributed by atoms with Gasteiger partial charge in [-0.25, -0.2) is 4.98 Å². The molecule has 0 saturated carbocycles. The zero-order valence-corrected chi connectivity index (χ0v) is 22.5. The van der Waals surface area contributed by atoms with E-state index in [0.29, 0.717) is 43.5 Å². The zero-order valence-electron chi connectivity index (χ0n) is 20.9. The highest BCUT2D eigenvalue weighted by molar-refractivity contribution is 7.91. The van der Waals surface area contributed by atoms with Gasteiger partial charge >= 0.3 is 0 Å². The predicted molar refractivity (Wildman–Crippen MR) is 143 cm³/mol. The minimum atomic E-state index is -1.11. The molecule has 2 fully saturated rings. The van der Waals surface area contributed by atoms with Crippen molar-refractivity contribution < 1.29 is 13.9 Å². The molecule has 0 spiro atoms. The van der Waals surface area contributed by atoms with Gasteiger partial charge < -0.3 is 24.2 Å². The van der Waals surface area contributed by atoms with E-state index in [1.165, 1.54) is 5.56 Å². The Balaban J connectivity index is 1.37. The van der Waals surface area contributed by atoms with Crippen molar-refractivity contribution in [3.63, 3.8) is 0 Å². The highest BCUT2D eigenvalue weighted by atomic mass is 32.2. The number of nitrogens with zero attached hydrogens (tertiary/aromatic N) is 4. The van der Waals surface area contributed by atoms with E-state index in [0.717, 1.165) is 42.9 Å². The fourth-order valence-corrected chi connectivity index (χ4v) is 7.27. The van der Waals surface area contributed by atoms with Crippen molar-refractivity contribution in [1.29, 1.82) is 0 Å². The van der Waals surface area contributed by atoms with Gasteiger partial charge in [-0.3, -0.25) is 4.79 Å². The number of fused-ring (bicyclic) bond motifs is 1. The SMILES string of the molecule is CN1C[C@@H](Nc2nc(N3CCC(CN[S+](C)[O-])(c4ccccc4)CC3)nc3c2[S+]([O-])CC3)CCC1=O. The van der Waals surface area contributed by atoms with Crippen LogP contribution in [0.3, 0.4) is 0 Å². The maximum Gasteiger partial charge on any atom is 0.227 e. The van der Waals surface area contributed by atoms with Gasteiger partial charge in [-0.05, 0) is 36.0 Å². The van der Waals surface area contributed by atoms with Crippen molar-refractivity contribution in [2.75, 3.05) is 55.5 Å². The summed E-state index contributed by atoms with van der Waals surface area (Å²) in [6, 6.07) is 10.5. The normalized spacial score (nSPS) is 24.5. The monoisotopic (exact) mass is 530 g/mol. The number of benzene rings is 1. The number of piperidine rings is 2. The van der Waals surface area contributed by atoms with E-state index >= 15 is 0 Å². The van der Waals surface area contributed by atoms with Gasteiger partial charge in [0.15, 0.2) is 5.82 Å². The van der Waals surface area contributed by atoms with E-state index in [4.69, 9.17) is 9.97 Å². The topological polar surface area (TPSA) is 120 Å². The number of amides is 1. The quantitative estimate of drug-likeness (QED) is 0.518. The molecule has 2 saturated heterocycles. The van der Waals surface area contributed by atoms with Crippen molar-refractivity contribution in [1.82, 2.24) is 19.6 Å². The van der Waals surface area contributed by atoms with Gasteiger partial charge in [0.2, 0.25) is 16.8 Å². The lowest BCUT2D eigenvalue weighted by atomic mass is 9.73. The number of aryl methyl sites for hydroxylation is 1. The Morgan fingerprint density at radius 1 is 1.19 bits per heavy atom. The lowest BCUT2D eigenvalue weighted by Gasteiger charge is -2.42. The summed E-state index contributed by atoms with van der Waals surface area (Å²) in [6.45, 7) is 2.80. The first-order chi connectivity index (χ1) is 17.3. The number of carbonyl (C=O) groups excluding carboxylic acids is 1. The van der Waals surface area contributed by atoms with Gasteiger partial charge in [0, 0.05) is 62.3 Å². The smallest absolute Gasteiger partial charge is 0.227 e. The van der Waals surface area contributed by atoms with Crippen molar-refractivity contribution in [2.45, 2.75) is 48.5 Å². The third-order valence-corrected chi connectivity index (χ3v) is 9.66. The molecule has 3 aliphatic rings. The van der Waals surface area contributed by atoms with Crippen LogP contribution in [0.15, 0.2) is 35.2 Å². The van der Waals surface area contributed by atoms with E-state index in [1.54, 1.807) is 11.2 Å². The van der Waals surface area contributed by atoms with Crippen LogP contribution in [0.25, 0.3) is 0 Å².